The van der Waals surface area contributed by atoms with Crippen molar-refractivity contribution in [2.24, 2.45) is 0 Å². The monoisotopic (exact) mass is 1150 g/mol. The van der Waals surface area contributed by atoms with E-state index in [2.05, 4.69) is 118 Å². The summed E-state index contributed by atoms with van der Waals surface area (Å²) in [4.78, 5) is 38.4. The molecule has 0 radical (unpaired) electrons. The van der Waals surface area contributed by atoms with Crippen LogP contribution in [0.15, 0.2) is 109 Å². The summed E-state index contributed by atoms with van der Waals surface area (Å²) in [5.41, 5.74) is 0. The Labute approximate surface area is 514 Å². The zero-order chi connectivity index (χ0) is 59.9. The smallest absolute Gasteiger partial charge is 0.309 e. The Morgan fingerprint density at radius 1 is 0.265 bits per heavy atom. The molecule has 6 heteroatoms. The lowest BCUT2D eigenvalue weighted by atomic mass is 10.0. The van der Waals surface area contributed by atoms with Crippen molar-refractivity contribution in [2.75, 3.05) is 13.2 Å². The Morgan fingerprint density at radius 3 is 0.843 bits per heavy atom. The summed E-state index contributed by atoms with van der Waals surface area (Å²) in [7, 11) is 0. The molecule has 0 heterocycles. The molecule has 0 aromatic rings. The first-order valence-corrected chi connectivity index (χ1v) is 35.4. The van der Waals surface area contributed by atoms with Crippen LogP contribution in [0.2, 0.25) is 0 Å². The maximum atomic E-state index is 12.9. The minimum atomic E-state index is -0.818. The molecule has 0 aliphatic rings. The highest BCUT2D eigenvalue weighted by molar-refractivity contribution is 5.72. The lowest BCUT2D eigenvalue weighted by Crippen LogP contribution is -2.30. The molecule has 1 unspecified atom stereocenters. The quantitative estimate of drug-likeness (QED) is 0.0261. The van der Waals surface area contributed by atoms with E-state index in [4.69, 9.17) is 14.2 Å². The molecule has 0 aliphatic carbocycles. The first-order chi connectivity index (χ1) is 41.0. The molecule has 0 N–H and O–H groups in total. The second kappa shape index (κ2) is 70.6. The number of carbonyl (C=O) groups is 3. The Balaban J connectivity index is 4.31. The van der Waals surface area contributed by atoms with Gasteiger partial charge in [0.05, 0.1) is 6.42 Å². The van der Waals surface area contributed by atoms with Crippen molar-refractivity contribution in [2.45, 2.75) is 348 Å². The summed E-state index contributed by atoms with van der Waals surface area (Å²) < 4.78 is 16.9. The molecule has 83 heavy (non-hydrogen) atoms. The van der Waals surface area contributed by atoms with E-state index in [1.165, 1.54) is 205 Å². The normalized spacial score (nSPS) is 12.8. The molecule has 1 atom stereocenters. The molecule has 0 aromatic carbocycles. The van der Waals surface area contributed by atoms with Gasteiger partial charge in [-0.2, -0.15) is 0 Å². The summed E-state index contributed by atoms with van der Waals surface area (Å²) in [6.45, 7) is 6.37. The molecule has 0 aliphatic heterocycles. The topological polar surface area (TPSA) is 78.9 Å². The van der Waals surface area contributed by atoms with Gasteiger partial charge in [0.15, 0.2) is 6.10 Å². The van der Waals surface area contributed by atoms with Crippen LogP contribution in [-0.4, -0.2) is 37.2 Å². The van der Waals surface area contributed by atoms with Gasteiger partial charge < -0.3 is 14.2 Å². The van der Waals surface area contributed by atoms with Gasteiger partial charge in [-0.05, 0) is 83.5 Å². The van der Waals surface area contributed by atoms with Gasteiger partial charge in [0.2, 0.25) is 0 Å². The molecule has 0 fully saturated rings. The van der Waals surface area contributed by atoms with Crippen molar-refractivity contribution in [3.05, 3.63) is 109 Å². The van der Waals surface area contributed by atoms with E-state index in [0.29, 0.717) is 12.8 Å². The van der Waals surface area contributed by atoms with Crippen LogP contribution < -0.4 is 0 Å². The highest BCUT2D eigenvalue weighted by Gasteiger charge is 2.19. The minimum absolute atomic E-state index is 0.105. The fourth-order valence-electron chi connectivity index (χ4n) is 10.1. The number of rotatable bonds is 64. The number of esters is 3. The van der Waals surface area contributed by atoms with Crippen LogP contribution in [0.5, 0.6) is 0 Å². The van der Waals surface area contributed by atoms with Crippen LogP contribution in [0.4, 0.5) is 0 Å². The third kappa shape index (κ3) is 68.7. The lowest BCUT2D eigenvalue weighted by molar-refractivity contribution is -0.166. The molecule has 0 rings (SSSR count). The van der Waals surface area contributed by atoms with Gasteiger partial charge in [0.25, 0.3) is 0 Å². The number of hydrogen-bond donors (Lipinski definition) is 0. The number of ether oxygens (including phenoxy) is 3. The van der Waals surface area contributed by atoms with Crippen LogP contribution in [-0.2, 0) is 28.6 Å². The minimum Gasteiger partial charge on any atom is -0.462 e. The molecule has 0 aromatic heterocycles. The lowest BCUT2D eigenvalue weighted by Gasteiger charge is -2.18. The van der Waals surface area contributed by atoms with E-state index >= 15 is 0 Å². The second-order valence-electron chi connectivity index (χ2n) is 23.4. The van der Waals surface area contributed by atoms with E-state index < -0.39 is 12.1 Å². The van der Waals surface area contributed by atoms with Crippen molar-refractivity contribution in [1.29, 1.82) is 0 Å². The van der Waals surface area contributed by atoms with Crippen LogP contribution in [0.3, 0.4) is 0 Å². The van der Waals surface area contributed by atoms with E-state index in [0.717, 1.165) is 96.3 Å². The van der Waals surface area contributed by atoms with E-state index in [-0.39, 0.29) is 31.6 Å². The third-order valence-electron chi connectivity index (χ3n) is 15.3. The molecular formula is C77H132O6. The van der Waals surface area contributed by atoms with Crippen molar-refractivity contribution in [3.8, 4) is 0 Å². The summed E-state index contributed by atoms with van der Waals surface area (Å²) in [6.07, 6.45) is 97.2. The van der Waals surface area contributed by atoms with Crippen LogP contribution in [0.1, 0.15) is 342 Å². The van der Waals surface area contributed by atoms with Gasteiger partial charge in [-0.25, -0.2) is 0 Å². The zero-order valence-electron chi connectivity index (χ0n) is 54.7. The van der Waals surface area contributed by atoms with Crippen molar-refractivity contribution in [3.63, 3.8) is 0 Å². The first-order valence-electron chi connectivity index (χ1n) is 35.4. The molecule has 0 spiro atoms. The SMILES string of the molecule is CC/C=C\C/C=C\C/C=C\C/C=C\C/C=C\CC(=O)OCC(COC(=O)CCCCCCCCCCCCCCCCCC/C=C\C/C=C\C/C=C\C/C=C\CC)OC(=O)CCCCCCCCCCCCCCCCCCCCCCC. The second-order valence-corrected chi connectivity index (χ2v) is 23.4. The molecule has 6 nitrogen and oxygen atoms in total. The van der Waals surface area contributed by atoms with Crippen molar-refractivity contribution < 1.29 is 28.6 Å². The number of unbranched alkanes of at least 4 members (excludes halogenated alkanes) is 36. The van der Waals surface area contributed by atoms with Crippen molar-refractivity contribution >= 4 is 17.9 Å². The van der Waals surface area contributed by atoms with Crippen LogP contribution in [0, 0.1) is 0 Å². The summed E-state index contributed by atoms with van der Waals surface area (Å²) in [5.74, 6) is -1.02. The molecular weight excluding hydrogens is 1020 g/mol. The van der Waals surface area contributed by atoms with Gasteiger partial charge in [0.1, 0.15) is 13.2 Å². The molecule has 0 amide bonds. The fourth-order valence-corrected chi connectivity index (χ4v) is 10.1. The molecule has 0 bridgehead atoms. The Kier molecular flexibility index (Phi) is 67.2. The average molecular weight is 1150 g/mol. The highest BCUT2D eigenvalue weighted by atomic mass is 16.6. The summed E-state index contributed by atoms with van der Waals surface area (Å²) in [5, 5.41) is 0. The maximum Gasteiger partial charge on any atom is 0.309 e. The number of carbonyl (C=O) groups excluding carboxylic acids is 3. The number of hydrogen-bond acceptors (Lipinski definition) is 6. The standard InChI is InChI=1S/C77H132O6/c1-4-7-10-13-16-19-22-25-28-30-32-34-35-36-37-38-39-40-41-43-44-46-49-52-55-58-61-64-67-70-76(79)82-73-74(72-81-75(78)69-66-63-60-57-54-51-48-27-24-21-18-15-12-9-6-3)83-77(80)71-68-65-62-59-56-53-50-47-45-42-33-31-29-26-23-20-17-14-11-8-5-2/h7,9-10,12,16,18-19,21,25,27-28,32,34,48,54,57,63,66,74H,4-6,8,11,13-15,17,20,22-24,26,29-31,33,35-47,49-53,55-56,58-62,64-65,67-73H2,1-3H3/b10-7-,12-9-,19-16-,21-18-,28-25-,34-32-,48-27-,57-54-,66-63-. The highest BCUT2D eigenvalue weighted by Crippen LogP contribution is 2.18. The van der Waals surface area contributed by atoms with Gasteiger partial charge in [0, 0.05) is 12.8 Å². The van der Waals surface area contributed by atoms with Gasteiger partial charge in [-0.3, -0.25) is 14.4 Å². The van der Waals surface area contributed by atoms with Gasteiger partial charge in [-0.15, -0.1) is 0 Å². The van der Waals surface area contributed by atoms with Crippen molar-refractivity contribution in [1.82, 2.24) is 0 Å². The summed E-state index contributed by atoms with van der Waals surface area (Å²) in [6, 6.07) is 0. The fraction of sp³-hybridized carbons (Fsp3) is 0.727. The summed E-state index contributed by atoms with van der Waals surface area (Å²) >= 11 is 0. The average Bonchev–Trinajstić information content (AvgIpc) is 3.49. The van der Waals surface area contributed by atoms with Crippen LogP contribution >= 0.6 is 0 Å². The van der Waals surface area contributed by atoms with E-state index in [1.54, 1.807) is 0 Å². The third-order valence-corrected chi connectivity index (χ3v) is 15.3. The Morgan fingerprint density at radius 2 is 0.518 bits per heavy atom. The Hall–Kier alpha value is -3.93. The largest absolute Gasteiger partial charge is 0.462 e. The maximum absolute atomic E-state index is 12.9. The van der Waals surface area contributed by atoms with Crippen LogP contribution in [0.25, 0.3) is 0 Å². The van der Waals surface area contributed by atoms with E-state index in [1.807, 2.05) is 12.2 Å². The predicted molar refractivity (Wildman–Crippen MR) is 362 cm³/mol. The zero-order valence-corrected chi connectivity index (χ0v) is 54.7. The van der Waals surface area contributed by atoms with Gasteiger partial charge in [-0.1, -0.05) is 348 Å². The predicted octanol–water partition coefficient (Wildman–Crippen LogP) is 24.6. The van der Waals surface area contributed by atoms with Gasteiger partial charge >= 0.3 is 17.9 Å². The number of allylic oxidation sites excluding steroid dienone is 17. The van der Waals surface area contributed by atoms with E-state index in [9.17, 15) is 14.4 Å². The molecule has 476 valence electrons. The first kappa shape index (κ1) is 79.1. The molecule has 0 saturated heterocycles. The molecule has 0 saturated carbocycles. The Bertz CT molecular complexity index is 1660.